The van der Waals surface area contributed by atoms with E-state index in [1.165, 1.54) is 10.9 Å². The summed E-state index contributed by atoms with van der Waals surface area (Å²) in [6.45, 7) is 0.0944. The molecule has 0 unspecified atom stereocenters. The van der Waals surface area contributed by atoms with Gasteiger partial charge in [0.1, 0.15) is 6.54 Å². The molecule has 2 heterocycles. The summed E-state index contributed by atoms with van der Waals surface area (Å²) in [5.74, 6) is -0.191. The van der Waals surface area contributed by atoms with E-state index in [-0.39, 0.29) is 12.5 Å². The van der Waals surface area contributed by atoms with E-state index in [2.05, 4.69) is 31.3 Å². The number of rotatable bonds is 3. The van der Waals surface area contributed by atoms with Crippen LogP contribution in [0.3, 0.4) is 0 Å². The number of pyridine rings is 1. The topological polar surface area (TPSA) is 59.8 Å². The summed E-state index contributed by atoms with van der Waals surface area (Å²) in [4.78, 5) is 16.4. The van der Waals surface area contributed by atoms with E-state index >= 15 is 0 Å². The van der Waals surface area contributed by atoms with Crippen molar-refractivity contribution in [3.8, 4) is 0 Å². The minimum Gasteiger partial charge on any atom is -0.323 e. The van der Waals surface area contributed by atoms with Gasteiger partial charge in [0.15, 0.2) is 0 Å². The van der Waals surface area contributed by atoms with Gasteiger partial charge in [-0.05, 0) is 18.2 Å². The third-order valence-corrected chi connectivity index (χ3v) is 3.78. The van der Waals surface area contributed by atoms with Crippen molar-refractivity contribution < 1.29 is 4.79 Å². The Bertz CT molecular complexity index is 818. The average molecular weight is 366 g/mol. The Balaban J connectivity index is 1.85. The summed E-state index contributed by atoms with van der Waals surface area (Å²) in [6, 6.07) is 7.48. The van der Waals surface area contributed by atoms with Gasteiger partial charge in [-0.25, -0.2) is 0 Å². The van der Waals surface area contributed by atoms with Crippen molar-refractivity contribution in [2.45, 2.75) is 6.54 Å². The van der Waals surface area contributed by atoms with Crippen LogP contribution in [-0.4, -0.2) is 20.7 Å². The standard InChI is InChI=1S/C14H10BrClN4O/c15-11-3-4-12(14-10(11)2-1-5-17-14)19-13(21)8-20-7-9(16)6-18-20/h1-7H,8H2,(H,19,21). The number of halogens is 2. The number of nitrogens with zero attached hydrogens (tertiary/aromatic N) is 3. The Morgan fingerprint density at radius 3 is 3.00 bits per heavy atom. The highest BCUT2D eigenvalue weighted by Gasteiger charge is 2.09. The fraction of sp³-hybridized carbons (Fsp3) is 0.0714. The number of benzene rings is 1. The van der Waals surface area contributed by atoms with Gasteiger partial charge in [-0.15, -0.1) is 0 Å². The molecule has 106 valence electrons. The zero-order valence-electron chi connectivity index (χ0n) is 10.8. The average Bonchev–Trinajstić information content (AvgIpc) is 2.87. The lowest BCUT2D eigenvalue weighted by Gasteiger charge is -2.09. The quantitative estimate of drug-likeness (QED) is 0.773. The van der Waals surface area contributed by atoms with Crippen molar-refractivity contribution in [2.24, 2.45) is 0 Å². The highest BCUT2D eigenvalue weighted by molar-refractivity contribution is 9.10. The van der Waals surface area contributed by atoms with Crippen LogP contribution in [-0.2, 0) is 11.3 Å². The molecule has 3 aromatic rings. The van der Waals surface area contributed by atoms with Crippen LogP contribution in [0.15, 0.2) is 47.3 Å². The van der Waals surface area contributed by atoms with Gasteiger partial charge in [0, 0.05) is 22.3 Å². The third kappa shape index (κ3) is 3.06. The van der Waals surface area contributed by atoms with Crippen LogP contribution in [0.25, 0.3) is 10.9 Å². The van der Waals surface area contributed by atoms with Gasteiger partial charge in [0.05, 0.1) is 22.4 Å². The first-order valence-electron chi connectivity index (χ1n) is 6.14. The maximum atomic E-state index is 12.1. The van der Waals surface area contributed by atoms with Gasteiger partial charge in [-0.1, -0.05) is 33.6 Å². The van der Waals surface area contributed by atoms with Crippen molar-refractivity contribution in [2.75, 3.05) is 5.32 Å². The third-order valence-electron chi connectivity index (χ3n) is 2.90. The molecule has 0 saturated carbocycles. The molecule has 3 rings (SSSR count). The molecule has 0 radical (unpaired) electrons. The smallest absolute Gasteiger partial charge is 0.246 e. The first kappa shape index (κ1) is 14.0. The largest absolute Gasteiger partial charge is 0.323 e. The number of hydrogen-bond acceptors (Lipinski definition) is 3. The summed E-state index contributed by atoms with van der Waals surface area (Å²) in [7, 11) is 0. The van der Waals surface area contributed by atoms with Gasteiger partial charge in [-0.2, -0.15) is 5.10 Å². The van der Waals surface area contributed by atoms with Crippen LogP contribution in [0.4, 0.5) is 5.69 Å². The molecule has 0 atom stereocenters. The SMILES string of the molecule is O=C(Cn1cc(Cl)cn1)Nc1ccc(Br)c2cccnc12. The molecule has 1 N–H and O–H groups in total. The molecular weight excluding hydrogens is 356 g/mol. The van der Waals surface area contributed by atoms with E-state index in [1.54, 1.807) is 12.4 Å². The van der Waals surface area contributed by atoms with Crippen LogP contribution in [0.1, 0.15) is 0 Å². The van der Waals surface area contributed by atoms with Crippen molar-refractivity contribution in [3.63, 3.8) is 0 Å². The van der Waals surface area contributed by atoms with Crippen LogP contribution in [0, 0.1) is 0 Å². The maximum absolute atomic E-state index is 12.1. The lowest BCUT2D eigenvalue weighted by molar-refractivity contribution is -0.116. The monoisotopic (exact) mass is 364 g/mol. The van der Waals surface area contributed by atoms with Gasteiger partial charge < -0.3 is 5.32 Å². The van der Waals surface area contributed by atoms with Gasteiger partial charge in [0.25, 0.3) is 0 Å². The molecule has 0 bridgehead atoms. The predicted octanol–water partition coefficient (Wildman–Crippen LogP) is 3.49. The number of amides is 1. The lowest BCUT2D eigenvalue weighted by atomic mass is 10.2. The van der Waals surface area contributed by atoms with Gasteiger partial charge in [-0.3, -0.25) is 14.5 Å². The van der Waals surface area contributed by atoms with E-state index in [1.807, 2.05) is 24.3 Å². The first-order valence-corrected chi connectivity index (χ1v) is 7.31. The minimum atomic E-state index is -0.191. The normalized spacial score (nSPS) is 10.8. The van der Waals surface area contributed by atoms with Crippen LogP contribution in [0.2, 0.25) is 5.02 Å². The Morgan fingerprint density at radius 1 is 1.38 bits per heavy atom. The molecule has 0 aliphatic rings. The van der Waals surface area contributed by atoms with Crippen molar-refractivity contribution >= 4 is 50.0 Å². The zero-order chi connectivity index (χ0) is 14.8. The second-order valence-corrected chi connectivity index (χ2v) is 5.69. The maximum Gasteiger partial charge on any atom is 0.246 e. The molecule has 0 saturated heterocycles. The second-order valence-electron chi connectivity index (χ2n) is 4.40. The lowest BCUT2D eigenvalue weighted by Crippen LogP contribution is -2.19. The molecule has 0 aliphatic carbocycles. The number of hydrogen-bond donors (Lipinski definition) is 1. The summed E-state index contributed by atoms with van der Waals surface area (Å²) in [6.07, 6.45) is 4.78. The molecule has 2 aromatic heterocycles. The highest BCUT2D eigenvalue weighted by Crippen LogP contribution is 2.28. The van der Waals surface area contributed by atoms with Gasteiger partial charge >= 0.3 is 0 Å². The molecule has 21 heavy (non-hydrogen) atoms. The number of nitrogens with one attached hydrogen (secondary N) is 1. The Kier molecular flexibility index (Phi) is 3.90. The highest BCUT2D eigenvalue weighted by atomic mass is 79.9. The minimum absolute atomic E-state index is 0.0944. The first-order chi connectivity index (χ1) is 10.1. The molecule has 5 nitrogen and oxygen atoms in total. The van der Waals surface area contributed by atoms with E-state index < -0.39 is 0 Å². The van der Waals surface area contributed by atoms with Crippen molar-refractivity contribution in [1.29, 1.82) is 0 Å². The van der Waals surface area contributed by atoms with E-state index in [9.17, 15) is 4.79 Å². The summed E-state index contributed by atoms with van der Waals surface area (Å²) < 4.78 is 2.41. The van der Waals surface area contributed by atoms with Crippen LogP contribution < -0.4 is 5.32 Å². The molecule has 1 amide bonds. The van der Waals surface area contributed by atoms with Crippen LogP contribution >= 0.6 is 27.5 Å². The van der Waals surface area contributed by atoms with E-state index in [0.29, 0.717) is 10.7 Å². The summed E-state index contributed by atoms with van der Waals surface area (Å²) >= 11 is 9.24. The Labute approximate surface area is 134 Å². The van der Waals surface area contributed by atoms with Crippen LogP contribution in [0.5, 0.6) is 0 Å². The second kappa shape index (κ2) is 5.83. The number of carbonyl (C=O) groups excluding carboxylic acids is 1. The molecule has 0 fully saturated rings. The molecule has 1 aromatic carbocycles. The predicted molar refractivity (Wildman–Crippen MR) is 85.3 cm³/mol. The summed E-state index contributed by atoms with van der Waals surface area (Å²) in [5.41, 5.74) is 1.40. The number of carbonyl (C=O) groups is 1. The molecular formula is C14H10BrClN4O. The van der Waals surface area contributed by atoms with E-state index in [0.717, 1.165) is 15.4 Å². The number of aromatic nitrogens is 3. The molecule has 0 aliphatic heterocycles. The Hall–Kier alpha value is -1.92. The number of anilines is 1. The zero-order valence-corrected chi connectivity index (χ0v) is 13.1. The fourth-order valence-corrected chi connectivity index (χ4v) is 2.61. The Morgan fingerprint density at radius 2 is 2.24 bits per heavy atom. The van der Waals surface area contributed by atoms with Gasteiger partial charge in [0.2, 0.25) is 5.91 Å². The van der Waals surface area contributed by atoms with E-state index in [4.69, 9.17) is 11.6 Å². The van der Waals surface area contributed by atoms with Crippen molar-refractivity contribution in [3.05, 3.63) is 52.4 Å². The number of fused-ring (bicyclic) bond motifs is 1. The molecule has 0 spiro atoms. The molecule has 7 heteroatoms. The van der Waals surface area contributed by atoms with Crippen molar-refractivity contribution in [1.82, 2.24) is 14.8 Å². The summed E-state index contributed by atoms with van der Waals surface area (Å²) in [5, 5.41) is 8.26. The fourth-order valence-electron chi connectivity index (χ4n) is 2.00.